The van der Waals surface area contributed by atoms with Gasteiger partial charge in [-0.15, -0.1) is 11.3 Å². The van der Waals surface area contributed by atoms with Crippen LogP contribution in [0.25, 0.3) is 0 Å². The smallest absolute Gasteiger partial charge is 0.325 e. The number of nitrogen functional groups attached to an aromatic ring is 1. The number of unbranched alkanes of at least 4 members (excludes halogenated alkanes) is 5. The van der Waals surface area contributed by atoms with Crippen LogP contribution in [-0.4, -0.2) is 58.5 Å². The molecule has 1 aromatic heterocycles. The van der Waals surface area contributed by atoms with Gasteiger partial charge < -0.3 is 20.7 Å². The van der Waals surface area contributed by atoms with Gasteiger partial charge >= 0.3 is 17.8 Å². The van der Waals surface area contributed by atoms with E-state index in [9.17, 15) is 19.2 Å². The van der Waals surface area contributed by atoms with E-state index in [-0.39, 0.29) is 11.7 Å². The number of hydrogen-bond donors (Lipinski definition) is 2. The van der Waals surface area contributed by atoms with Gasteiger partial charge in [0.05, 0.1) is 5.69 Å². The minimum atomic E-state index is -1.02. The SMILES string of the molecule is CCCCCCCCN1CCN(C(=O)NC(C=O)c2csc(N)n2)C(=O)C1=O. The van der Waals surface area contributed by atoms with Crippen LogP contribution in [-0.2, 0) is 14.4 Å². The maximum absolute atomic E-state index is 12.4. The molecular formula is C18H27N5O4S. The highest BCUT2D eigenvalue weighted by Crippen LogP contribution is 2.17. The molecule has 9 nitrogen and oxygen atoms in total. The lowest BCUT2D eigenvalue weighted by molar-refractivity contribution is -0.153. The lowest BCUT2D eigenvalue weighted by Crippen LogP contribution is -2.58. The van der Waals surface area contributed by atoms with Gasteiger partial charge in [0.25, 0.3) is 0 Å². The van der Waals surface area contributed by atoms with Crippen molar-refractivity contribution in [1.82, 2.24) is 20.1 Å². The molecule has 1 aliphatic rings. The second-order valence-corrected chi connectivity index (χ2v) is 7.58. The van der Waals surface area contributed by atoms with E-state index >= 15 is 0 Å². The van der Waals surface area contributed by atoms with Gasteiger partial charge in [0.2, 0.25) is 0 Å². The van der Waals surface area contributed by atoms with Gasteiger partial charge in [-0.25, -0.2) is 9.78 Å². The molecule has 3 N–H and O–H groups in total. The van der Waals surface area contributed by atoms with Gasteiger partial charge in [0, 0.05) is 25.0 Å². The number of nitrogens with one attached hydrogen (secondary N) is 1. The van der Waals surface area contributed by atoms with Crippen LogP contribution >= 0.6 is 11.3 Å². The number of hydrogen-bond acceptors (Lipinski definition) is 7. The summed E-state index contributed by atoms with van der Waals surface area (Å²) in [7, 11) is 0. The molecule has 1 fully saturated rings. The Bertz CT molecular complexity index is 708. The summed E-state index contributed by atoms with van der Waals surface area (Å²) in [4.78, 5) is 54.5. The zero-order valence-corrected chi connectivity index (χ0v) is 16.9. The first kappa shape index (κ1) is 21.8. The Morgan fingerprint density at radius 1 is 1.25 bits per heavy atom. The molecule has 0 bridgehead atoms. The van der Waals surface area contributed by atoms with Crippen LogP contribution in [0.1, 0.15) is 57.2 Å². The first-order valence-electron chi connectivity index (χ1n) is 9.55. The molecule has 4 amide bonds. The van der Waals surface area contributed by atoms with Crippen molar-refractivity contribution in [3.05, 3.63) is 11.1 Å². The molecule has 28 heavy (non-hydrogen) atoms. The Balaban J connectivity index is 1.84. The first-order valence-corrected chi connectivity index (χ1v) is 10.4. The van der Waals surface area contributed by atoms with Crippen molar-refractivity contribution in [3.63, 3.8) is 0 Å². The summed E-state index contributed by atoms with van der Waals surface area (Å²) in [6.45, 7) is 3.06. The van der Waals surface area contributed by atoms with Crippen molar-refractivity contribution in [2.45, 2.75) is 51.5 Å². The van der Waals surface area contributed by atoms with Crippen molar-refractivity contribution in [3.8, 4) is 0 Å². The maximum atomic E-state index is 12.4. The van der Waals surface area contributed by atoms with Gasteiger partial charge in [-0.05, 0) is 6.42 Å². The fraction of sp³-hybridized carbons (Fsp3) is 0.611. The molecule has 2 heterocycles. The largest absolute Gasteiger partial charge is 0.375 e. The predicted octanol–water partition coefficient (Wildman–Crippen LogP) is 1.71. The molecule has 2 rings (SSSR count). The number of imide groups is 1. The van der Waals surface area contributed by atoms with Crippen molar-refractivity contribution >= 4 is 40.6 Å². The fourth-order valence-electron chi connectivity index (χ4n) is 3.00. The number of anilines is 1. The third-order valence-electron chi connectivity index (χ3n) is 4.61. The Morgan fingerprint density at radius 2 is 1.96 bits per heavy atom. The highest BCUT2D eigenvalue weighted by molar-refractivity contribution is 7.13. The fourth-order valence-corrected chi connectivity index (χ4v) is 3.60. The van der Waals surface area contributed by atoms with Gasteiger partial charge in [-0.3, -0.25) is 14.5 Å². The molecule has 0 radical (unpaired) electrons. The van der Waals surface area contributed by atoms with Crippen molar-refractivity contribution in [2.24, 2.45) is 0 Å². The van der Waals surface area contributed by atoms with Crippen LogP contribution in [0.15, 0.2) is 5.38 Å². The highest BCUT2D eigenvalue weighted by atomic mass is 32.1. The molecule has 0 aliphatic carbocycles. The molecule has 1 atom stereocenters. The standard InChI is InChI=1S/C18H27N5O4S/c1-2-3-4-5-6-7-8-22-9-10-23(16(26)15(22)25)18(27)21-13(11-24)14-12-28-17(19)20-14/h11-13H,2-10H2,1H3,(H2,19,20)(H,21,27). The molecule has 1 unspecified atom stereocenters. The molecule has 1 aromatic rings. The van der Waals surface area contributed by atoms with E-state index in [4.69, 9.17) is 5.73 Å². The summed E-state index contributed by atoms with van der Waals surface area (Å²) in [6, 6.07) is -1.81. The number of urea groups is 1. The van der Waals surface area contributed by atoms with Crippen LogP contribution in [0.2, 0.25) is 0 Å². The Hall–Kier alpha value is -2.49. The summed E-state index contributed by atoms with van der Waals surface area (Å²) in [5.74, 6) is -1.56. The summed E-state index contributed by atoms with van der Waals surface area (Å²) < 4.78 is 0. The molecule has 0 saturated carbocycles. The normalized spacial score (nSPS) is 15.6. The van der Waals surface area contributed by atoms with Crippen molar-refractivity contribution in [2.75, 3.05) is 25.4 Å². The Morgan fingerprint density at radius 3 is 2.61 bits per heavy atom. The van der Waals surface area contributed by atoms with Crippen molar-refractivity contribution in [1.29, 1.82) is 0 Å². The van der Waals surface area contributed by atoms with Gasteiger partial charge in [-0.2, -0.15) is 0 Å². The number of rotatable bonds is 10. The Kier molecular flexibility index (Phi) is 8.37. The number of nitrogens with two attached hydrogens (primary N) is 1. The Labute approximate surface area is 168 Å². The average molecular weight is 410 g/mol. The predicted molar refractivity (Wildman–Crippen MR) is 106 cm³/mol. The lowest BCUT2D eigenvalue weighted by Gasteiger charge is -2.33. The summed E-state index contributed by atoms with van der Waals surface area (Å²) >= 11 is 1.14. The lowest BCUT2D eigenvalue weighted by atomic mass is 10.1. The van der Waals surface area contributed by atoms with Crippen LogP contribution in [0.4, 0.5) is 9.93 Å². The van der Waals surface area contributed by atoms with E-state index in [1.54, 1.807) is 5.38 Å². The third-order valence-corrected chi connectivity index (χ3v) is 5.30. The maximum Gasteiger partial charge on any atom is 0.325 e. The molecular weight excluding hydrogens is 382 g/mol. The minimum absolute atomic E-state index is 0.0943. The molecule has 0 spiro atoms. The van der Waals surface area contributed by atoms with E-state index in [1.165, 1.54) is 24.2 Å². The molecule has 1 saturated heterocycles. The topological polar surface area (TPSA) is 126 Å². The van der Waals surface area contributed by atoms with E-state index in [2.05, 4.69) is 17.2 Å². The summed E-state index contributed by atoms with van der Waals surface area (Å²) in [5, 5.41) is 4.24. The van der Waals surface area contributed by atoms with Gasteiger partial charge in [-0.1, -0.05) is 39.0 Å². The number of piperazine rings is 1. The van der Waals surface area contributed by atoms with Crippen molar-refractivity contribution < 1.29 is 19.2 Å². The molecule has 1 aliphatic heterocycles. The number of carbonyl (C=O) groups excluding carboxylic acids is 4. The molecule has 10 heteroatoms. The number of aromatic nitrogens is 1. The highest BCUT2D eigenvalue weighted by Gasteiger charge is 2.36. The zero-order chi connectivity index (χ0) is 20.5. The summed E-state index contributed by atoms with van der Waals surface area (Å²) in [5.41, 5.74) is 5.84. The van der Waals surface area contributed by atoms with Crippen LogP contribution in [0.3, 0.4) is 0 Å². The number of aldehydes is 1. The number of nitrogens with zero attached hydrogens (tertiary/aromatic N) is 3. The van der Waals surface area contributed by atoms with E-state index in [0.29, 0.717) is 25.1 Å². The van der Waals surface area contributed by atoms with Gasteiger partial charge in [0.15, 0.2) is 5.13 Å². The summed E-state index contributed by atoms with van der Waals surface area (Å²) in [6.07, 6.45) is 7.05. The third kappa shape index (κ3) is 5.75. The van der Waals surface area contributed by atoms with Crippen LogP contribution in [0, 0.1) is 0 Å². The van der Waals surface area contributed by atoms with Gasteiger partial charge in [0.1, 0.15) is 12.3 Å². The monoisotopic (exact) mass is 409 g/mol. The van der Waals surface area contributed by atoms with E-state index in [1.807, 2.05) is 0 Å². The quantitative estimate of drug-likeness (QED) is 0.344. The second-order valence-electron chi connectivity index (χ2n) is 6.69. The van der Waals surface area contributed by atoms with E-state index in [0.717, 1.165) is 35.5 Å². The average Bonchev–Trinajstić information content (AvgIpc) is 3.11. The minimum Gasteiger partial charge on any atom is -0.375 e. The zero-order valence-electron chi connectivity index (χ0n) is 16.1. The number of amides is 4. The number of thiazole rings is 1. The van der Waals surface area contributed by atoms with E-state index < -0.39 is 23.9 Å². The van der Waals surface area contributed by atoms with Crippen LogP contribution < -0.4 is 11.1 Å². The second kappa shape index (κ2) is 10.7. The van der Waals surface area contributed by atoms with Crippen LogP contribution in [0.5, 0.6) is 0 Å². The first-order chi connectivity index (χ1) is 13.5. The number of carbonyl (C=O) groups is 4. The molecule has 0 aromatic carbocycles. The molecule has 154 valence electrons.